The minimum Gasteiger partial charge on any atom is -0.480 e. The summed E-state index contributed by atoms with van der Waals surface area (Å²) < 4.78 is 5.57. The topological polar surface area (TPSA) is 105 Å². The zero-order valence-corrected chi connectivity index (χ0v) is 19.3. The minimum absolute atomic E-state index is 0.0158. The Balaban J connectivity index is 1.55. The number of carboxylic acid groups (broad SMARTS) is 1. The molecule has 7 nitrogen and oxygen atoms in total. The van der Waals surface area contributed by atoms with Gasteiger partial charge in [-0.05, 0) is 47.4 Å². The van der Waals surface area contributed by atoms with E-state index < -0.39 is 18.1 Å². The van der Waals surface area contributed by atoms with Crippen molar-refractivity contribution in [2.45, 2.75) is 45.6 Å². The Labute approximate surface area is 194 Å². The molecule has 0 bridgehead atoms. The Bertz CT molecular complexity index is 958. The van der Waals surface area contributed by atoms with Crippen LogP contribution in [-0.4, -0.2) is 42.3 Å². The Hall–Kier alpha value is -3.35. The van der Waals surface area contributed by atoms with Crippen molar-refractivity contribution in [3.8, 4) is 11.1 Å². The summed E-state index contributed by atoms with van der Waals surface area (Å²) in [5, 5.41) is 14.2. The quantitative estimate of drug-likeness (QED) is 0.502. The average molecular weight is 453 g/mol. The smallest absolute Gasteiger partial charge is 0.407 e. The van der Waals surface area contributed by atoms with Gasteiger partial charge in [-0.15, -0.1) is 0 Å². The number of carbonyl (C=O) groups excluding carboxylic acids is 2. The van der Waals surface area contributed by atoms with E-state index in [2.05, 4.69) is 34.9 Å². The number of ether oxygens (including phenoxy) is 1. The molecular formula is C26H32N2O5. The highest BCUT2D eigenvalue weighted by molar-refractivity contribution is 5.83. The molecule has 2 atom stereocenters. The normalized spacial score (nSPS) is 14.2. The van der Waals surface area contributed by atoms with E-state index >= 15 is 0 Å². The highest BCUT2D eigenvalue weighted by atomic mass is 16.5. The predicted octanol–water partition coefficient (Wildman–Crippen LogP) is 4.17. The summed E-state index contributed by atoms with van der Waals surface area (Å²) in [6.45, 7) is 6.01. The van der Waals surface area contributed by atoms with Crippen LogP contribution in [0.2, 0.25) is 0 Å². The molecule has 1 unspecified atom stereocenters. The number of rotatable bonds is 10. The first-order valence-electron chi connectivity index (χ1n) is 11.4. The maximum absolute atomic E-state index is 12.5. The lowest BCUT2D eigenvalue weighted by Crippen LogP contribution is -2.40. The van der Waals surface area contributed by atoms with Crippen LogP contribution in [0.4, 0.5) is 4.79 Å². The maximum Gasteiger partial charge on any atom is 0.407 e. The van der Waals surface area contributed by atoms with E-state index in [4.69, 9.17) is 9.84 Å². The van der Waals surface area contributed by atoms with Crippen molar-refractivity contribution in [3.05, 3.63) is 59.7 Å². The first-order chi connectivity index (χ1) is 15.8. The van der Waals surface area contributed by atoms with Gasteiger partial charge in [-0.25, -0.2) is 4.79 Å². The molecular weight excluding hydrogens is 420 g/mol. The van der Waals surface area contributed by atoms with Crippen molar-refractivity contribution in [3.63, 3.8) is 0 Å². The minimum atomic E-state index is -1.08. The van der Waals surface area contributed by atoms with Crippen LogP contribution in [0.3, 0.4) is 0 Å². The number of nitrogens with one attached hydrogen (secondary N) is 2. The van der Waals surface area contributed by atoms with Crippen LogP contribution in [0, 0.1) is 11.8 Å². The molecule has 2 aromatic rings. The molecule has 33 heavy (non-hydrogen) atoms. The summed E-state index contributed by atoms with van der Waals surface area (Å²) in [5.74, 6) is -1.24. The van der Waals surface area contributed by atoms with Gasteiger partial charge in [0.2, 0.25) is 5.91 Å². The Morgan fingerprint density at radius 2 is 1.55 bits per heavy atom. The van der Waals surface area contributed by atoms with Crippen molar-refractivity contribution < 1.29 is 24.2 Å². The third-order valence-electron chi connectivity index (χ3n) is 5.91. The van der Waals surface area contributed by atoms with E-state index in [0.717, 1.165) is 17.5 Å². The van der Waals surface area contributed by atoms with Crippen molar-refractivity contribution in [2.24, 2.45) is 11.8 Å². The molecule has 0 fully saturated rings. The van der Waals surface area contributed by atoms with Gasteiger partial charge in [0.15, 0.2) is 0 Å². The first kappa shape index (κ1) is 24.3. The van der Waals surface area contributed by atoms with Crippen LogP contribution in [0.15, 0.2) is 48.5 Å². The molecule has 0 aromatic heterocycles. The number of carboxylic acids is 1. The van der Waals surface area contributed by atoms with Crippen molar-refractivity contribution in [1.82, 2.24) is 10.6 Å². The highest BCUT2D eigenvalue weighted by Crippen LogP contribution is 2.44. The SMILES string of the molecule is CC(C)C[C@H](CNC(=O)OCC1c2ccccc2-c2ccccc21)CC(=O)NC(C)C(=O)O. The van der Waals surface area contributed by atoms with E-state index in [1.807, 2.05) is 38.1 Å². The molecule has 176 valence electrons. The monoisotopic (exact) mass is 452 g/mol. The molecule has 0 spiro atoms. The summed E-state index contributed by atoms with van der Waals surface area (Å²) in [7, 11) is 0. The number of carbonyl (C=O) groups is 3. The predicted molar refractivity (Wildman–Crippen MR) is 126 cm³/mol. The zero-order valence-electron chi connectivity index (χ0n) is 19.3. The summed E-state index contributed by atoms with van der Waals surface area (Å²) in [6.07, 6.45) is 0.336. The van der Waals surface area contributed by atoms with E-state index in [-0.39, 0.29) is 37.3 Å². The lowest BCUT2D eigenvalue weighted by Gasteiger charge is -2.20. The first-order valence-corrected chi connectivity index (χ1v) is 11.4. The van der Waals surface area contributed by atoms with Gasteiger partial charge in [0.1, 0.15) is 12.6 Å². The molecule has 0 radical (unpaired) electrons. The van der Waals surface area contributed by atoms with Crippen LogP contribution >= 0.6 is 0 Å². The molecule has 7 heteroatoms. The van der Waals surface area contributed by atoms with Gasteiger partial charge < -0.3 is 20.5 Å². The third-order valence-corrected chi connectivity index (χ3v) is 5.91. The molecule has 1 aliphatic rings. The second kappa shape index (κ2) is 11.0. The fourth-order valence-corrected chi connectivity index (χ4v) is 4.41. The Morgan fingerprint density at radius 1 is 0.970 bits per heavy atom. The average Bonchev–Trinajstić information content (AvgIpc) is 3.09. The number of benzene rings is 2. The number of fused-ring (bicyclic) bond motifs is 3. The number of alkyl carbamates (subject to hydrolysis) is 1. The van der Waals surface area contributed by atoms with Crippen LogP contribution in [0.5, 0.6) is 0 Å². The van der Waals surface area contributed by atoms with Crippen molar-refractivity contribution in [1.29, 1.82) is 0 Å². The van der Waals surface area contributed by atoms with Gasteiger partial charge in [-0.3, -0.25) is 9.59 Å². The third kappa shape index (κ3) is 6.34. The van der Waals surface area contributed by atoms with Gasteiger partial charge in [0, 0.05) is 18.9 Å². The summed E-state index contributed by atoms with van der Waals surface area (Å²) in [4.78, 5) is 35.6. The molecule has 0 heterocycles. The highest BCUT2D eigenvalue weighted by Gasteiger charge is 2.29. The number of aliphatic carboxylic acids is 1. The molecule has 0 saturated heterocycles. The largest absolute Gasteiger partial charge is 0.480 e. The second-order valence-corrected chi connectivity index (χ2v) is 9.03. The number of amides is 2. The van der Waals surface area contributed by atoms with Crippen molar-refractivity contribution in [2.75, 3.05) is 13.2 Å². The fraction of sp³-hybridized carbons (Fsp3) is 0.423. The number of hydrogen-bond donors (Lipinski definition) is 3. The molecule has 3 N–H and O–H groups in total. The standard InChI is InChI=1S/C26H32N2O5/c1-16(2)12-18(13-24(29)28-17(3)25(30)31)14-27-26(32)33-15-23-21-10-6-4-8-19(21)20-9-5-7-11-22(20)23/h4-11,16-18,23H,12-15H2,1-3H3,(H,27,32)(H,28,29)(H,30,31)/t17?,18-/m0/s1. The Morgan fingerprint density at radius 3 is 2.09 bits per heavy atom. The second-order valence-electron chi connectivity index (χ2n) is 9.03. The Kier molecular flexibility index (Phi) is 8.09. The molecule has 3 rings (SSSR count). The molecule has 2 amide bonds. The fourth-order valence-electron chi connectivity index (χ4n) is 4.41. The van der Waals surface area contributed by atoms with Gasteiger partial charge in [-0.1, -0.05) is 62.4 Å². The van der Waals surface area contributed by atoms with E-state index in [1.165, 1.54) is 18.1 Å². The molecule has 0 saturated carbocycles. The zero-order chi connectivity index (χ0) is 24.0. The summed E-state index contributed by atoms with van der Waals surface area (Å²) >= 11 is 0. The van der Waals surface area contributed by atoms with Gasteiger partial charge >= 0.3 is 12.1 Å². The maximum atomic E-state index is 12.5. The van der Waals surface area contributed by atoms with Gasteiger partial charge in [0.05, 0.1) is 0 Å². The van der Waals surface area contributed by atoms with E-state index in [9.17, 15) is 14.4 Å². The van der Waals surface area contributed by atoms with E-state index in [1.54, 1.807) is 0 Å². The van der Waals surface area contributed by atoms with Crippen LogP contribution < -0.4 is 10.6 Å². The summed E-state index contributed by atoms with van der Waals surface area (Å²) in [5.41, 5.74) is 4.63. The molecule has 2 aromatic carbocycles. The lowest BCUT2D eigenvalue weighted by atomic mass is 9.93. The van der Waals surface area contributed by atoms with Crippen LogP contribution in [0.25, 0.3) is 11.1 Å². The molecule has 1 aliphatic carbocycles. The van der Waals surface area contributed by atoms with Gasteiger partial charge in [0.25, 0.3) is 0 Å². The van der Waals surface area contributed by atoms with Crippen molar-refractivity contribution >= 4 is 18.0 Å². The van der Waals surface area contributed by atoms with E-state index in [0.29, 0.717) is 5.92 Å². The van der Waals surface area contributed by atoms with Crippen LogP contribution in [-0.2, 0) is 14.3 Å². The number of hydrogen-bond acceptors (Lipinski definition) is 4. The van der Waals surface area contributed by atoms with Gasteiger partial charge in [-0.2, -0.15) is 0 Å². The molecule has 0 aliphatic heterocycles. The lowest BCUT2D eigenvalue weighted by molar-refractivity contribution is -0.141. The van der Waals surface area contributed by atoms with Crippen LogP contribution in [0.1, 0.15) is 50.7 Å². The summed E-state index contributed by atoms with van der Waals surface area (Å²) in [6, 6.07) is 15.3.